The predicted molar refractivity (Wildman–Crippen MR) is 53.5 cm³/mol. The zero-order valence-corrected chi connectivity index (χ0v) is 8.40. The minimum absolute atomic E-state index is 0.000347. The van der Waals surface area contributed by atoms with E-state index in [1.54, 1.807) is 17.7 Å². The SMILES string of the molecule is CCC(CO)n1ccc(=O)c(O)c1C. The van der Waals surface area contributed by atoms with Gasteiger partial charge >= 0.3 is 0 Å². The molecule has 14 heavy (non-hydrogen) atoms. The standard InChI is InChI=1S/C10H15NO3/c1-3-8(6-12)11-5-4-9(13)10(14)7(11)2/h4-5,8,12,14H,3,6H2,1-2H3. The van der Waals surface area contributed by atoms with Crippen molar-refractivity contribution in [2.45, 2.75) is 26.3 Å². The Morgan fingerprint density at radius 3 is 2.71 bits per heavy atom. The normalized spacial score (nSPS) is 12.8. The van der Waals surface area contributed by atoms with Gasteiger partial charge in [-0.15, -0.1) is 0 Å². The van der Waals surface area contributed by atoms with Crippen LogP contribution in [0.15, 0.2) is 17.1 Å². The van der Waals surface area contributed by atoms with E-state index in [9.17, 15) is 9.90 Å². The molecule has 1 unspecified atom stereocenters. The summed E-state index contributed by atoms with van der Waals surface area (Å²) in [6.45, 7) is 3.60. The minimum Gasteiger partial charge on any atom is -0.503 e. The molecule has 0 aliphatic heterocycles. The quantitative estimate of drug-likeness (QED) is 0.753. The highest BCUT2D eigenvalue weighted by molar-refractivity contribution is 5.25. The Balaban J connectivity index is 3.22. The van der Waals surface area contributed by atoms with Crippen molar-refractivity contribution in [2.24, 2.45) is 0 Å². The maximum Gasteiger partial charge on any atom is 0.223 e. The average molecular weight is 197 g/mol. The molecule has 2 N–H and O–H groups in total. The third kappa shape index (κ3) is 1.80. The Morgan fingerprint density at radius 2 is 2.21 bits per heavy atom. The van der Waals surface area contributed by atoms with E-state index >= 15 is 0 Å². The van der Waals surface area contributed by atoms with E-state index in [1.807, 2.05) is 6.92 Å². The van der Waals surface area contributed by atoms with Crippen LogP contribution in [0, 0.1) is 6.92 Å². The fraction of sp³-hybridized carbons (Fsp3) is 0.500. The maximum absolute atomic E-state index is 11.1. The van der Waals surface area contributed by atoms with Crippen LogP contribution in [0.1, 0.15) is 25.1 Å². The molecule has 1 aromatic rings. The second-order valence-corrected chi connectivity index (χ2v) is 3.27. The van der Waals surface area contributed by atoms with Crippen LogP contribution in [-0.2, 0) is 0 Å². The summed E-state index contributed by atoms with van der Waals surface area (Å²) in [5.41, 5.74) is 0.116. The molecule has 0 radical (unpaired) electrons. The van der Waals surface area contributed by atoms with Crippen LogP contribution >= 0.6 is 0 Å². The number of hydrogen-bond acceptors (Lipinski definition) is 3. The molecule has 0 aliphatic rings. The van der Waals surface area contributed by atoms with Crippen LogP contribution in [0.25, 0.3) is 0 Å². The average Bonchev–Trinajstić information content (AvgIpc) is 2.19. The van der Waals surface area contributed by atoms with E-state index in [-0.39, 0.29) is 23.8 Å². The van der Waals surface area contributed by atoms with Crippen molar-refractivity contribution < 1.29 is 10.2 Å². The molecule has 0 saturated carbocycles. The summed E-state index contributed by atoms with van der Waals surface area (Å²) < 4.78 is 1.72. The fourth-order valence-corrected chi connectivity index (χ4v) is 1.45. The summed E-state index contributed by atoms with van der Waals surface area (Å²) in [5.74, 6) is -0.237. The van der Waals surface area contributed by atoms with Crippen molar-refractivity contribution in [3.63, 3.8) is 0 Å². The summed E-state index contributed by atoms with van der Waals surface area (Å²) >= 11 is 0. The first-order chi connectivity index (χ1) is 6.61. The van der Waals surface area contributed by atoms with E-state index < -0.39 is 0 Å². The van der Waals surface area contributed by atoms with Crippen LogP contribution in [-0.4, -0.2) is 21.4 Å². The number of aliphatic hydroxyl groups is 1. The molecule has 1 rings (SSSR count). The van der Waals surface area contributed by atoms with Gasteiger partial charge < -0.3 is 14.8 Å². The highest BCUT2D eigenvalue weighted by Gasteiger charge is 2.11. The summed E-state index contributed by atoms with van der Waals surface area (Å²) in [6.07, 6.45) is 2.35. The van der Waals surface area contributed by atoms with Gasteiger partial charge in [-0.3, -0.25) is 4.79 Å². The van der Waals surface area contributed by atoms with Gasteiger partial charge in [0, 0.05) is 12.3 Å². The molecule has 0 aromatic carbocycles. The molecular formula is C10H15NO3. The van der Waals surface area contributed by atoms with Crippen LogP contribution in [0.3, 0.4) is 0 Å². The van der Waals surface area contributed by atoms with E-state index in [0.717, 1.165) is 6.42 Å². The lowest BCUT2D eigenvalue weighted by Gasteiger charge is -2.19. The maximum atomic E-state index is 11.1. The lowest BCUT2D eigenvalue weighted by molar-refractivity contribution is 0.221. The Bertz CT molecular complexity index is 366. The molecule has 0 amide bonds. The van der Waals surface area contributed by atoms with E-state index in [2.05, 4.69) is 0 Å². The van der Waals surface area contributed by atoms with Crippen LogP contribution in [0.4, 0.5) is 0 Å². The molecule has 1 aromatic heterocycles. The summed E-state index contributed by atoms with van der Waals surface area (Å²) in [5, 5.41) is 18.5. The number of rotatable bonds is 3. The largest absolute Gasteiger partial charge is 0.503 e. The van der Waals surface area contributed by atoms with Gasteiger partial charge in [-0.05, 0) is 13.3 Å². The molecule has 0 fully saturated rings. The first-order valence-electron chi connectivity index (χ1n) is 4.63. The monoisotopic (exact) mass is 197 g/mol. The van der Waals surface area contributed by atoms with E-state index in [0.29, 0.717) is 5.69 Å². The first-order valence-corrected chi connectivity index (χ1v) is 4.63. The Morgan fingerprint density at radius 1 is 1.57 bits per heavy atom. The van der Waals surface area contributed by atoms with Gasteiger partial charge in [0.25, 0.3) is 0 Å². The topological polar surface area (TPSA) is 62.5 Å². The van der Waals surface area contributed by atoms with Gasteiger partial charge in [-0.2, -0.15) is 0 Å². The molecule has 1 heterocycles. The van der Waals surface area contributed by atoms with Crippen molar-refractivity contribution >= 4 is 0 Å². The van der Waals surface area contributed by atoms with Gasteiger partial charge in [-0.25, -0.2) is 0 Å². The number of pyridine rings is 1. The fourth-order valence-electron chi connectivity index (χ4n) is 1.45. The molecule has 0 saturated heterocycles. The molecule has 0 bridgehead atoms. The second-order valence-electron chi connectivity index (χ2n) is 3.27. The van der Waals surface area contributed by atoms with Crippen molar-refractivity contribution in [1.82, 2.24) is 4.57 Å². The Kier molecular flexibility index (Phi) is 3.30. The number of aliphatic hydroxyl groups excluding tert-OH is 1. The smallest absolute Gasteiger partial charge is 0.223 e. The highest BCUT2D eigenvalue weighted by atomic mass is 16.3. The lowest BCUT2D eigenvalue weighted by atomic mass is 10.2. The van der Waals surface area contributed by atoms with Gasteiger partial charge in [0.2, 0.25) is 5.43 Å². The van der Waals surface area contributed by atoms with Crippen LogP contribution in [0.5, 0.6) is 5.75 Å². The summed E-state index contributed by atoms with van der Waals surface area (Å²) in [7, 11) is 0. The molecule has 4 heteroatoms. The number of hydrogen-bond donors (Lipinski definition) is 2. The van der Waals surface area contributed by atoms with E-state index in [4.69, 9.17) is 5.11 Å². The van der Waals surface area contributed by atoms with Gasteiger partial charge in [0.15, 0.2) is 5.75 Å². The second kappa shape index (κ2) is 4.28. The van der Waals surface area contributed by atoms with Crippen LogP contribution in [0.2, 0.25) is 0 Å². The van der Waals surface area contributed by atoms with Crippen LogP contribution < -0.4 is 5.43 Å². The molecular weight excluding hydrogens is 182 g/mol. The Labute approximate surface area is 82.4 Å². The van der Waals surface area contributed by atoms with Gasteiger partial charge in [0.05, 0.1) is 18.3 Å². The highest BCUT2D eigenvalue weighted by Crippen LogP contribution is 2.17. The van der Waals surface area contributed by atoms with Gasteiger partial charge in [0.1, 0.15) is 0 Å². The minimum atomic E-state index is -0.383. The van der Waals surface area contributed by atoms with Crippen molar-refractivity contribution in [3.05, 3.63) is 28.2 Å². The molecule has 1 atom stereocenters. The number of aromatic nitrogens is 1. The number of aromatic hydroxyl groups is 1. The third-order valence-electron chi connectivity index (χ3n) is 2.43. The third-order valence-corrected chi connectivity index (χ3v) is 2.43. The van der Waals surface area contributed by atoms with E-state index in [1.165, 1.54) is 6.07 Å². The summed E-state index contributed by atoms with van der Waals surface area (Å²) in [4.78, 5) is 11.1. The molecule has 78 valence electrons. The van der Waals surface area contributed by atoms with Crippen molar-refractivity contribution in [1.29, 1.82) is 0 Å². The summed E-state index contributed by atoms with van der Waals surface area (Å²) in [6, 6.07) is 1.22. The predicted octanol–water partition coefficient (Wildman–Crippen LogP) is 0.806. The van der Waals surface area contributed by atoms with Crippen molar-refractivity contribution in [2.75, 3.05) is 6.61 Å². The number of nitrogens with zero attached hydrogens (tertiary/aromatic N) is 1. The molecule has 4 nitrogen and oxygen atoms in total. The zero-order chi connectivity index (χ0) is 10.7. The Hall–Kier alpha value is -1.29. The lowest BCUT2D eigenvalue weighted by Crippen LogP contribution is -2.17. The molecule has 0 aliphatic carbocycles. The first kappa shape index (κ1) is 10.8. The molecule has 0 spiro atoms. The van der Waals surface area contributed by atoms with Gasteiger partial charge in [-0.1, -0.05) is 6.92 Å². The van der Waals surface area contributed by atoms with Crippen molar-refractivity contribution in [3.8, 4) is 5.75 Å². The zero-order valence-electron chi connectivity index (χ0n) is 8.40.